The molecule has 0 saturated carbocycles. The summed E-state index contributed by atoms with van der Waals surface area (Å²) in [5.41, 5.74) is 11.1. The number of nitrogens with two attached hydrogens (primary N) is 1. The van der Waals surface area contributed by atoms with E-state index in [0.29, 0.717) is 41.2 Å². The molecule has 36 heavy (non-hydrogen) atoms. The molecule has 182 valence electrons. The van der Waals surface area contributed by atoms with Crippen LogP contribution in [0.15, 0.2) is 53.6 Å². The van der Waals surface area contributed by atoms with Crippen LogP contribution in [0.3, 0.4) is 0 Å². The normalized spacial score (nSPS) is 11.3. The average Bonchev–Trinajstić information content (AvgIpc) is 3.27. The van der Waals surface area contributed by atoms with Gasteiger partial charge in [-0.25, -0.2) is 9.55 Å². The van der Waals surface area contributed by atoms with Crippen LogP contribution in [0.25, 0.3) is 22.3 Å². The summed E-state index contributed by atoms with van der Waals surface area (Å²) in [7, 11) is 0. The van der Waals surface area contributed by atoms with Gasteiger partial charge in [0.15, 0.2) is 11.5 Å². The summed E-state index contributed by atoms with van der Waals surface area (Å²) >= 11 is 0. The van der Waals surface area contributed by atoms with Crippen LogP contribution in [0, 0.1) is 27.7 Å². The Bertz CT molecular complexity index is 1650. The lowest BCUT2D eigenvalue weighted by molar-refractivity contribution is -0.705. The molecular weight excluding hydrogens is 454 g/mol. The SMILES string of the molecule is Cc1nnn(-c2c(N)nc[n+](CCCc3nc4cccc(C)c4c(=O)n3-c3ccccc3C)c2C)n1. The number of hydrogen-bond donors (Lipinski definition) is 1. The van der Waals surface area contributed by atoms with Crippen LogP contribution in [0.5, 0.6) is 0 Å². The first-order valence-electron chi connectivity index (χ1n) is 11.8. The highest BCUT2D eigenvalue weighted by molar-refractivity contribution is 5.81. The van der Waals surface area contributed by atoms with E-state index >= 15 is 0 Å². The number of hydrogen-bond acceptors (Lipinski definition) is 7. The molecule has 0 saturated heterocycles. The number of aromatic nitrogens is 8. The van der Waals surface area contributed by atoms with Gasteiger partial charge in [-0.1, -0.05) is 30.3 Å². The van der Waals surface area contributed by atoms with Crippen molar-refractivity contribution in [1.82, 2.24) is 34.7 Å². The number of nitrogens with zero attached hydrogens (tertiary/aromatic N) is 8. The minimum atomic E-state index is -0.0460. The van der Waals surface area contributed by atoms with Crippen LogP contribution in [-0.2, 0) is 13.0 Å². The lowest BCUT2D eigenvalue weighted by Crippen LogP contribution is -2.40. The second-order valence-corrected chi connectivity index (χ2v) is 8.91. The van der Waals surface area contributed by atoms with E-state index in [0.717, 1.165) is 34.8 Å². The number of tetrazole rings is 1. The Labute approximate surface area is 208 Å². The van der Waals surface area contributed by atoms with Crippen molar-refractivity contribution in [1.29, 1.82) is 0 Å². The highest BCUT2D eigenvalue weighted by Gasteiger charge is 2.21. The van der Waals surface area contributed by atoms with Crippen molar-refractivity contribution in [3.05, 3.63) is 87.6 Å². The maximum atomic E-state index is 13.7. The van der Waals surface area contributed by atoms with E-state index in [9.17, 15) is 4.79 Å². The van der Waals surface area contributed by atoms with E-state index in [1.807, 2.05) is 67.8 Å². The molecular formula is C26H28N9O+. The molecule has 2 N–H and O–H groups in total. The first-order chi connectivity index (χ1) is 17.3. The van der Waals surface area contributed by atoms with Gasteiger partial charge in [-0.15, -0.1) is 15.0 Å². The quantitative estimate of drug-likeness (QED) is 0.369. The predicted molar refractivity (Wildman–Crippen MR) is 136 cm³/mol. The Hall–Kier alpha value is -4.47. The molecule has 5 rings (SSSR count). The summed E-state index contributed by atoms with van der Waals surface area (Å²) in [6, 6.07) is 13.7. The van der Waals surface area contributed by atoms with Gasteiger partial charge in [0, 0.05) is 13.3 Å². The third-order valence-corrected chi connectivity index (χ3v) is 6.40. The highest BCUT2D eigenvalue weighted by atomic mass is 16.1. The summed E-state index contributed by atoms with van der Waals surface area (Å²) in [5, 5.41) is 12.9. The zero-order valence-corrected chi connectivity index (χ0v) is 20.8. The minimum absolute atomic E-state index is 0.0460. The molecule has 5 aromatic rings. The Morgan fingerprint density at radius 3 is 2.53 bits per heavy atom. The lowest BCUT2D eigenvalue weighted by atomic mass is 10.1. The van der Waals surface area contributed by atoms with Gasteiger partial charge < -0.3 is 5.73 Å². The Morgan fingerprint density at radius 1 is 1.00 bits per heavy atom. The molecule has 0 amide bonds. The van der Waals surface area contributed by atoms with Crippen molar-refractivity contribution in [3.63, 3.8) is 0 Å². The van der Waals surface area contributed by atoms with Gasteiger partial charge in [0.25, 0.3) is 17.7 Å². The molecule has 0 aliphatic rings. The van der Waals surface area contributed by atoms with Crippen LogP contribution in [0.4, 0.5) is 5.82 Å². The number of para-hydroxylation sites is 1. The van der Waals surface area contributed by atoms with Gasteiger partial charge in [-0.2, -0.15) is 0 Å². The predicted octanol–water partition coefficient (Wildman–Crippen LogP) is 2.49. The van der Waals surface area contributed by atoms with Crippen LogP contribution in [0.1, 0.15) is 34.9 Å². The number of rotatable bonds is 6. The van der Waals surface area contributed by atoms with Crippen LogP contribution in [0.2, 0.25) is 0 Å². The molecule has 0 aliphatic heterocycles. The van der Waals surface area contributed by atoms with Gasteiger partial charge in [-0.3, -0.25) is 9.36 Å². The largest absolute Gasteiger partial charge is 0.361 e. The summed E-state index contributed by atoms with van der Waals surface area (Å²) < 4.78 is 3.77. The number of benzene rings is 2. The summed E-state index contributed by atoms with van der Waals surface area (Å²) in [6.45, 7) is 8.32. The van der Waals surface area contributed by atoms with E-state index in [2.05, 4.69) is 20.4 Å². The second-order valence-electron chi connectivity index (χ2n) is 8.91. The first-order valence-corrected chi connectivity index (χ1v) is 11.8. The van der Waals surface area contributed by atoms with Gasteiger partial charge >= 0.3 is 0 Å². The second kappa shape index (κ2) is 9.29. The molecule has 3 aromatic heterocycles. The maximum Gasteiger partial charge on any atom is 0.289 e. The van der Waals surface area contributed by atoms with Crippen molar-refractivity contribution >= 4 is 16.7 Å². The Morgan fingerprint density at radius 2 is 1.78 bits per heavy atom. The zero-order valence-electron chi connectivity index (χ0n) is 20.8. The summed E-state index contributed by atoms with van der Waals surface area (Å²) in [4.78, 5) is 24.4. The van der Waals surface area contributed by atoms with Gasteiger partial charge in [0.1, 0.15) is 11.5 Å². The number of aryl methyl sites for hydroxylation is 5. The van der Waals surface area contributed by atoms with Crippen molar-refractivity contribution in [2.45, 2.75) is 47.1 Å². The summed E-state index contributed by atoms with van der Waals surface area (Å²) in [6.07, 6.45) is 3.04. The van der Waals surface area contributed by atoms with Crippen LogP contribution in [-0.4, -0.2) is 34.7 Å². The van der Waals surface area contributed by atoms with E-state index in [4.69, 9.17) is 10.7 Å². The highest BCUT2D eigenvalue weighted by Crippen LogP contribution is 2.19. The third-order valence-electron chi connectivity index (χ3n) is 6.40. The average molecular weight is 483 g/mol. The fraction of sp³-hybridized carbons (Fsp3) is 0.269. The number of fused-ring (bicyclic) bond motifs is 1. The first kappa shape index (κ1) is 23.3. The molecule has 2 aromatic carbocycles. The van der Waals surface area contributed by atoms with Gasteiger partial charge in [-0.05, 0) is 60.6 Å². The molecule has 10 nitrogen and oxygen atoms in total. The van der Waals surface area contributed by atoms with Crippen molar-refractivity contribution in [2.75, 3.05) is 5.73 Å². The van der Waals surface area contributed by atoms with Crippen LogP contribution >= 0.6 is 0 Å². The maximum absolute atomic E-state index is 13.7. The lowest BCUT2D eigenvalue weighted by Gasteiger charge is -2.16. The van der Waals surface area contributed by atoms with Gasteiger partial charge in [0.05, 0.1) is 23.1 Å². The molecule has 0 radical (unpaired) electrons. The Balaban J connectivity index is 1.51. The minimum Gasteiger partial charge on any atom is -0.361 e. The van der Waals surface area contributed by atoms with Crippen molar-refractivity contribution < 1.29 is 4.57 Å². The van der Waals surface area contributed by atoms with E-state index in [1.165, 1.54) is 4.80 Å². The molecule has 0 atom stereocenters. The number of anilines is 1. The molecule has 3 heterocycles. The topological polar surface area (TPSA) is 121 Å². The fourth-order valence-corrected chi connectivity index (χ4v) is 4.53. The molecule has 0 fully saturated rings. The fourth-order valence-electron chi connectivity index (χ4n) is 4.53. The smallest absolute Gasteiger partial charge is 0.289 e. The van der Waals surface area contributed by atoms with Gasteiger partial charge in [0.2, 0.25) is 0 Å². The van der Waals surface area contributed by atoms with Crippen LogP contribution < -0.4 is 15.9 Å². The van der Waals surface area contributed by atoms with E-state index in [1.54, 1.807) is 17.8 Å². The molecule has 0 bridgehead atoms. The molecule has 0 unspecified atom stereocenters. The standard InChI is InChI=1S/C26H27N9O/c1-16-9-5-6-12-21(16)34-22(29-20-11-7-10-17(2)23(20)26(34)36)13-8-14-33-15-28-25(27)24(18(33)3)35-31-19(4)30-32-35/h5-7,9-12,15,27H,8,13-14H2,1-4H3/p+1. The molecule has 0 spiro atoms. The Kier molecular flexibility index (Phi) is 6.01. The van der Waals surface area contributed by atoms with E-state index < -0.39 is 0 Å². The van der Waals surface area contributed by atoms with Crippen molar-refractivity contribution in [3.8, 4) is 11.4 Å². The molecule has 10 heteroatoms. The molecule has 0 aliphatic carbocycles. The third kappa shape index (κ3) is 4.10. The van der Waals surface area contributed by atoms with E-state index in [-0.39, 0.29) is 5.56 Å². The summed E-state index contributed by atoms with van der Waals surface area (Å²) in [5.74, 6) is 1.61. The van der Waals surface area contributed by atoms with Crippen molar-refractivity contribution in [2.24, 2.45) is 0 Å². The zero-order chi connectivity index (χ0) is 25.4. The monoisotopic (exact) mass is 482 g/mol. The number of nitrogen functional groups attached to an aromatic ring is 1.